The summed E-state index contributed by atoms with van der Waals surface area (Å²) in [6.07, 6.45) is 6.12. The van der Waals surface area contributed by atoms with Gasteiger partial charge in [0.15, 0.2) is 0 Å². The molecule has 0 aromatic carbocycles. The molecule has 0 saturated heterocycles. The zero-order valence-electron chi connectivity index (χ0n) is 9.78. The van der Waals surface area contributed by atoms with Crippen molar-refractivity contribution in [2.45, 2.75) is 52.0 Å². The van der Waals surface area contributed by atoms with Gasteiger partial charge in [-0.1, -0.05) is 39.5 Å². The summed E-state index contributed by atoms with van der Waals surface area (Å²) in [5.41, 5.74) is 5.86. The Balaban J connectivity index is 2.16. The summed E-state index contributed by atoms with van der Waals surface area (Å²) in [6.45, 7) is 3.87. The fraction of sp³-hybridized carbons (Fsp3) is 0.917. The van der Waals surface area contributed by atoms with Crippen LogP contribution in [0.5, 0.6) is 0 Å². The summed E-state index contributed by atoms with van der Waals surface area (Å²) in [6, 6.07) is -0.197. The van der Waals surface area contributed by atoms with E-state index in [1.807, 2.05) is 0 Å². The molecular formula is C12H23NO2. The summed E-state index contributed by atoms with van der Waals surface area (Å²) in [5, 5.41) is 8.81. The van der Waals surface area contributed by atoms with Crippen LogP contribution in [0.1, 0.15) is 46.0 Å². The molecule has 15 heavy (non-hydrogen) atoms. The van der Waals surface area contributed by atoms with E-state index < -0.39 is 11.9 Å². The maximum Gasteiger partial charge on any atom is 0.307 e. The number of nitrogens with two attached hydrogens (primary N) is 1. The highest BCUT2D eigenvalue weighted by molar-refractivity contribution is 5.70. The van der Waals surface area contributed by atoms with E-state index in [0.717, 1.165) is 12.3 Å². The van der Waals surface area contributed by atoms with Crippen molar-refractivity contribution in [3.63, 3.8) is 0 Å². The molecule has 3 nitrogen and oxygen atoms in total. The van der Waals surface area contributed by atoms with E-state index in [9.17, 15) is 4.79 Å². The van der Waals surface area contributed by atoms with Crippen LogP contribution in [0, 0.1) is 17.8 Å². The van der Waals surface area contributed by atoms with Gasteiger partial charge in [-0.2, -0.15) is 0 Å². The number of aliphatic carboxylic acids is 1. The van der Waals surface area contributed by atoms with E-state index in [-0.39, 0.29) is 6.04 Å². The highest BCUT2D eigenvalue weighted by Gasteiger charge is 2.24. The highest BCUT2D eigenvalue weighted by Crippen LogP contribution is 2.35. The lowest BCUT2D eigenvalue weighted by Crippen LogP contribution is -2.34. The third kappa shape index (κ3) is 4.65. The quantitative estimate of drug-likeness (QED) is 0.681. The van der Waals surface area contributed by atoms with Crippen LogP contribution in [0.2, 0.25) is 0 Å². The molecule has 3 unspecified atom stereocenters. The highest BCUT2D eigenvalue weighted by atomic mass is 16.4. The van der Waals surface area contributed by atoms with E-state index in [1.165, 1.54) is 25.7 Å². The van der Waals surface area contributed by atoms with Crippen molar-refractivity contribution in [1.29, 1.82) is 0 Å². The Morgan fingerprint density at radius 3 is 2.53 bits per heavy atom. The Morgan fingerprint density at radius 1 is 1.47 bits per heavy atom. The van der Waals surface area contributed by atoms with Crippen LogP contribution in [-0.2, 0) is 4.79 Å². The van der Waals surface area contributed by atoms with Crippen LogP contribution in [0.4, 0.5) is 0 Å². The first kappa shape index (κ1) is 12.5. The number of carbonyl (C=O) groups is 1. The molecule has 0 radical (unpaired) electrons. The second-order valence-electron chi connectivity index (χ2n) is 5.15. The Bertz CT molecular complexity index is 214. The second-order valence-corrected chi connectivity index (χ2v) is 5.15. The van der Waals surface area contributed by atoms with Gasteiger partial charge in [-0.25, -0.2) is 0 Å². The molecule has 0 spiro atoms. The lowest BCUT2D eigenvalue weighted by molar-refractivity contribution is -0.141. The predicted octanol–water partition coefficient (Wildman–Crippen LogP) is 2.25. The van der Waals surface area contributed by atoms with Gasteiger partial charge < -0.3 is 10.8 Å². The molecule has 0 amide bonds. The molecule has 88 valence electrons. The molecule has 1 aliphatic carbocycles. The summed E-state index contributed by atoms with van der Waals surface area (Å²) >= 11 is 0. The molecule has 3 N–H and O–H groups in total. The van der Waals surface area contributed by atoms with E-state index in [2.05, 4.69) is 6.92 Å². The molecule has 0 bridgehead atoms. The SMILES string of the molecule is CC(CCC1CC1)CC(N)C(C)C(=O)O. The van der Waals surface area contributed by atoms with Crippen molar-refractivity contribution >= 4 is 5.97 Å². The minimum atomic E-state index is -0.781. The molecule has 1 fully saturated rings. The zero-order chi connectivity index (χ0) is 11.4. The van der Waals surface area contributed by atoms with Crippen molar-refractivity contribution in [3.05, 3.63) is 0 Å². The third-order valence-corrected chi connectivity index (χ3v) is 3.47. The first-order valence-corrected chi connectivity index (χ1v) is 5.99. The van der Waals surface area contributed by atoms with Crippen molar-refractivity contribution in [2.24, 2.45) is 23.5 Å². The smallest absolute Gasteiger partial charge is 0.307 e. The Labute approximate surface area is 92.0 Å². The molecule has 0 aromatic heterocycles. The molecule has 1 aliphatic rings. The van der Waals surface area contributed by atoms with Crippen LogP contribution in [-0.4, -0.2) is 17.1 Å². The average molecular weight is 213 g/mol. The number of carboxylic acids is 1. The summed E-state index contributed by atoms with van der Waals surface area (Å²) in [4.78, 5) is 10.7. The first-order chi connectivity index (χ1) is 7.00. The van der Waals surface area contributed by atoms with Gasteiger partial charge >= 0.3 is 5.97 Å². The normalized spacial score (nSPS) is 22.1. The number of carboxylic acid groups (broad SMARTS) is 1. The molecule has 0 aliphatic heterocycles. The van der Waals surface area contributed by atoms with Gasteiger partial charge in [-0.15, -0.1) is 0 Å². The maximum absolute atomic E-state index is 10.7. The number of rotatable bonds is 7. The number of hydrogen-bond acceptors (Lipinski definition) is 2. The average Bonchev–Trinajstić information content (AvgIpc) is 2.96. The van der Waals surface area contributed by atoms with Gasteiger partial charge in [0.2, 0.25) is 0 Å². The van der Waals surface area contributed by atoms with E-state index >= 15 is 0 Å². The molecule has 3 atom stereocenters. The Morgan fingerprint density at radius 2 is 2.07 bits per heavy atom. The molecular weight excluding hydrogens is 190 g/mol. The van der Waals surface area contributed by atoms with Crippen molar-refractivity contribution in [1.82, 2.24) is 0 Å². The van der Waals surface area contributed by atoms with E-state index in [4.69, 9.17) is 10.8 Å². The van der Waals surface area contributed by atoms with Crippen LogP contribution >= 0.6 is 0 Å². The van der Waals surface area contributed by atoms with Crippen LogP contribution in [0.25, 0.3) is 0 Å². The first-order valence-electron chi connectivity index (χ1n) is 5.99. The fourth-order valence-corrected chi connectivity index (χ4v) is 1.90. The van der Waals surface area contributed by atoms with Gasteiger partial charge in [-0.3, -0.25) is 4.79 Å². The van der Waals surface area contributed by atoms with Crippen LogP contribution in [0.3, 0.4) is 0 Å². The molecule has 3 heteroatoms. The minimum absolute atomic E-state index is 0.197. The van der Waals surface area contributed by atoms with Crippen LogP contribution < -0.4 is 5.73 Å². The van der Waals surface area contributed by atoms with Gasteiger partial charge in [-0.05, 0) is 18.3 Å². The minimum Gasteiger partial charge on any atom is -0.481 e. The topological polar surface area (TPSA) is 63.3 Å². The predicted molar refractivity (Wildman–Crippen MR) is 60.5 cm³/mol. The summed E-state index contributed by atoms with van der Waals surface area (Å²) in [5.74, 6) is 0.313. The third-order valence-electron chi connectivity index (χ3n) is 3.47. The molecule has 1 saturated carbocycles. The van der Waals surface area contributed by atoms with E-state index in [1.54, 1.807) is 6.92 Å². The van der Waals surface area contributed by atoms with E-state index in [0.29, 0.717) is 5.92 Å². The number of hydrogen-bond donors (Lipinski definition) is 2. The molecule has 0 heterocycles. The Kier molecular flexibility index (Phi) is 4.58. The van der Waals surface area contributed by atoms with Crippen molar-refractivity contribution < 1.29 is 9.90 Å². The van der Waals surface area contributed by atoms with Gasteiger partial charge in [0.25, 0.3) is 0 Å². The van der Waals surface area contributed by atoms with Crippen molar-refractivity contribution in [2.75, 3.05) is 0 Å². The fourth-order valence-electron chi connectivity index (χ4n) is 1.90. The lowest BCUT2D eigenvalue weighted by atomic mass is 9.90. The summed E-state index contributed by atoms with van der Waals surface area (Å²) in [7, 11) is 0. The largest absolute Gasteiger partial charge is 0.481 e. The Hall–Kier alpha value is -0.570. The monoisotopic (exact) mass is 213 g/mol. The van der Waals surface area contributed by atoms with Gasteiger partial charge in [0, 0.05) is 6.04 Å². The van der Waals surface area contributed by atoms with Crippen LogP contribution in [0.15, 0.2) is 0 Å². The lowest BCUT2D eigenvalue weighted by Gasteiger charge is -2.20. The zero-order valence-corrected chi connectivity index (χ0v) is 9.78. The molecule has 0 aromatic rings. The van der Waals surface area contributed by atoms with Gasteiger partial charge in [0.1, 0.15) is 0 Å². The van der Waals surface area contributed by atoms with Gasteiger partial charge in [0.05, 0.1) is 5.92 Å². The second kappa shape index (κ2) is 5.50. The summed E-state index contributed by atoms with van der Waals surface area (Å²) < 4.78 is 0. The maximum atomic E-state index is 10.7. The molecule has 1 rings (SSSR count). The van der Waals surface area contributed by atoms with Crippen molar-refractivity contribution in [3.8, 4) is 0 Å². The standard InChI is InChI=1S/C12H23NO2/c1-8(3-4-10-5-6-10)7-11(13)9(2)12(14)15/h8-11H,3-7,13H2,1-2H3,(H,14,15).